The smallest absolute Gasteiger partial charge is 0.226 e. The summed E-state index contributed by atoms with van der Waals surface area (Å²) in [6.07, 6.45) is 10.5. The predicted octanol–water partition coefficient (Wildman–Crippen LogP) is 6.65. The zero-order valence-electron chi connectivity index (χ0n) is 26.3. The van der Waals surface area contributed by atoms with Gasteiger partial charge in [0, 0.05) is 23.2 Å². The lowest BCUT2D eigenvalue weighted by Gasteiger charge is -2.69. The number of nitrogens with zero attached hydrogens (tertiary/aromatic N) is 1. The molecule has 3 fully saturated rings. The number of Topliss-reactive ketones (excluding diaryl/α,β-unsaturated/α-hetero) is 2. The molecule has 0 aromatic carbocycles. The van der Waals surface area contributed by atoms with Gasteiger partial charge in [0.05, 0.1) is 13.1 Å². The van der Waals surface area contributed by atoms with Crippen LogP contribution in [0.4, 0.5) is 0 Å². The molecule has 0 spiro atoms. The molecule has 0 aliphatic heterocycles. The average Bonchev–Trinajstić information content (AvgIpc) is 2.87. The number of rotatable bonds is 4. The minimum absolute atomic E-state index is 0.0292. The summed E-state index contributed by atoms with van der Waals surface area (Å²) in [7, 11) is 0. The molecular weight excluding hydrogens is 512 g/mol. The van der Waals surface area contributed by atoms with Crippen molar-refractivity contribution >= 4 is 23.3 Å². The summed E-state index contributed by atoms with van der Waals surface area (Å²) in [5.74, 6) is -0.147. The first-order valence-corrected chi connectivity index (χ1v) is 15.5. The van der Waals surface area contributed by atoms with Crippen molar-refractivity contribution in [3.05, 3.63) is 34.8 Å². The summed E-state index contributed by atoms with van der Waals surface area (Å²) in [5, 5.41) is 2.84. The van der Waals surface area contributed by atoms with Crippen LogP contribution < -0.4 is 5.32 Å². The normalized spacial score (nSPS) is 42.3. The van der Waals surface area contributed by atoms with E-state index >= 15 is 0 Å². The molecule has 0 saturated heterocycles. The maximum absolute atomic E-state index is 14.6. The Labute approximate surface area is 246 Å². The Balaban J connectivity index is 1.62. The monoisotopic (exact) mass is 560 g/mol. The highest BCUT2D eigenvalue weighted by Gasteiger charge is 2.69. The molecule has 1 N–H and O–H groups in total. The Morgan fingerprint density at radius 3 is 2.29 bits per heavy atom. The van der Waals surface area contributed by atoms with Crippen LogP contribution in [0.15, 0.2) is 23.4 Å². The van der Waals surface area contributed by atoms with Gasteiger partial charge in [-0.15, -0.1) is 0 Å². The van der Waals surface area contributed by atoms with Gasteiger partial charge < -0.3 is 10.1 Å². The van der Waals surface area contributed by atoms with E-state index in [1.807, 2.05) is 26.0 Å². The van der Waals surface area contributed by atoms with E-state index in [1.54, 1.807) is 0 Å². The first-order chi connectivity index (χ1) is 18.9. The molecule has 6 heteroatoms. The van der Waals surface area contributed by atoms with Crippen LogP contribution in [-0.4, -0.2) is 29.8 Å². The lowest BCUT2D eigenvalue weighted by atomic mass is 9.34. The van der Waals surface area contributed by atoms with Gasteiger partial charge in [0.1, 0.15) is 5.78 Å². The summed E-state index contributed by atoms with van der Waals surface area (Å²) in [6, 6.07) is 0. The van der Waals surface area contributed by atoms with Crippen LogP contribution in [0, 0.1) is 56.8 Å². The van der Waals surface area contributed by atoms with E-state index in [-0.39, 0.29) is 74.9 Å². The maximum atomic E-state index is 14.6. The van der Waals surface area contributed by atoms with Gasteiger partial charge in [-0.1, -0.05) is 60.1 Å². The van der Waals surface area contributed by atoms with Crippen LogP contribution >= 0.6 is 0 Å². The van der Waals surface area contributed by atoms with Gasteiger partial charge >= 0.3 is 0 Å². The number of hydrogen-bond acceptors (Lipinski definition) is 4. The lowest BCUT2D eigenvalue weighted by molar-refractivity contribution is -0.174. The molecule has 0 aromatic rings. The Bertz CT molecular complexity index is 1330. The number of allylic oxidation sites excluding steroid dienone is 4. The fourth-order valence-corrected chi connectivity index (χ4v) is 10.6. The zero-order chi connectivity index (χ0) is 30.4. The van der Waals surface area contributed by atoms with E-state index in [0.717, 1.165) is 50.5 Å². The van der Waals surface area contributed by atoms with Crippen LogP contribution in [0.3, 0.4) is 0 Å². The van der Waals surface area contributed by atoms with Crippen molar-refractivity contribution in [2.75, 3.05) is 6.54 Å². The van der Waals surface area contributed by atoms with Crippen LogP contribution in [0.2, 0.25) is 0 Å². The third-order valence-corrected chi connectivity index (χ3v) is 13.1. The van der Waals surface area contributed by atoms with Gasteiger partial charge in [0.2, 0.25) is 11.6 Å². The second-order valence-corrected chi connectivity index (χ2v) is 16.2. The molecule has 0 bridgehead atoms. The highest BCUT2D eigenvalue weighted by atomic mass is 16.2. The van der Waals surface area contributed by atoms with Crippen molar-refractivity contribution in [3.8, 4) is 0 Å². The van der Waals surface area contributed by atoms with Crippen molar-refractivity contribution in [1.29, 1.82) is 0 Å². The predicted molar refractivity (Wildman–Crippen MR) is 158 cm³/mol. The lowest BCUT2D eigenvalue weighted by Crippen LogP contribution is -2.65. The largest absolute Gasteiger partial charge is 0.349 e. The van der Waals surface area contributed by atoms with E-state index in [9.17, 15) is 19.2 Å². The Morgan fingerprint density at radius 2 is 1.66 bits per heavy atom. The van der Waals surface area contributed by atoms with Crippen LogP contribution in [0.25, 0.3) is 4.85 Å². The van der Waals surface area contributed by atoms with Crippen molar-refractivity contribution < 1.29 is 19.2 Å². The van der Waals surface area contributed by atoms with E-state index in [4.69, 9.17) is 6.57 Å². The summed E-state index contributed by atoms with van der Waals surface area (Å²) in [5.41, 5.74) is -0.637. The van der Waals surface area contributed by atoms with Crippen LogP contribution in [0.5, 0.6) is 0 Å². The quantitative estimate of drug-likeness (QED) is 0.390. The van der Waals surface area contributed by atoms with Gasteiger partial charge in [0.15, 0.2) is 11.6 Å². The van der Waals surface area contributed by atoms with Gasteiger partial charge in [-0.25, -0.2) is 4.85 Å². The highest BCUT2D eigenvalue weighted by molar-refractivity contribution is 6.03. The van der Waals surface area contributed by atoms with E-state index in [2.05, 4.69) is 44.8 Å². The first-order valence-electron chi connectivity index (χ1n) is 15.5. The molecule has 1 amide bonds. The Kier molecular flexibility index (Phi) is 6.73. The van der Waals surface area contributed by atoms with Gasteiger partial charge in [0.25, 0.3) is 0 Å². The van der Waals surface area contributed by atoms with E-state index in [0.29, 0.717) is 6.42 Å². The summed E-state index contributed by atoms with van der Waals surface area (Å²) in [6.45, 7) is 24.7. The van der Waals surface area contributed by atoms with Crippen molar-refractivity contribution in [2.24, 2.45) is 50.2 Å². The molecule has 0 aromatic heterocycles. The third kappa shape index (κ3) is 4.15. The van der Waals surface area contributed by atoms with E-state index in [1.165, 1.54) is 6.92 Å². The number of hydrogen-bond donors (Lipinski definition) is 1. The van der Waals surface area contributed by atoms with Crippen molar-refractivity contribution in [1.82, 2.24) is 5.32 Å². The Morgan fingerprint density at radius 1 is 1.00 bits per heavy atom. The molecule has 0 unspecified atom stereocenters. The number of carbonyl (C=O) groups is 4. The fraction of sp³-hybridized carbons (Fsp3) is 0.743. The SMILES string of the molecule is [C-]#[N+]C1=C[C@]2(C)C3=CC(=O)[C@@H]4[C@@H]5CC(C)(C)CC[C@]5(CC(=O)NCC(C)=O)CC[C@@]4(C)[C@]3(C)CC[C@H]2C(C)(C)C1=O. The standard InChI is InChI=1S/C35H48N2O4/c1-21(38)20-37-27(40)19-35-14-12-30(2,3)17-22(35)28-24(39)16-26-32(6)18-23(36-9)29(41)31(4,5)25(32)10-11-33(26,7)34(28,8)13-15-35/h16,18,22,25,28H,10-15,17,19-20H2,1-8H3,(H,37,40)/t22-,25-,28-,32-,33+,34+,35+/m0/s1. The van der Waals surface area contributed by atoms with Gasteiger partial charge in [-0.2, -0.15) is 0 Å². The van der Waals surface area contributed by atoms with Crippen molar-refractivity contribution in [2.45, 2.75) is 107 Å². The molecule has 5 aliphatic carbocycles. The van der Waals surface area contributed by atoms with Crippen molar-refractivity contribution in [3.63, 3.8) is 0 Å². The number of carbonyl (C=O) groups excluding carboxylic acids is 4. The fourth-order valence-electron chi connectivity index (χ4n) is 10.6. The minimum Gasteiger partial charge on any atom is -0.349 e. The van der Waals surface area contributed by atoms with Crippen LogP contribution in [0.1, 0.15) is 107 Å². The molecule has 7 atom stereocenters. The molecule has 0 radical (unpaired) electrons. The summed E-state index contributed by atoms with van der Waals surface area (Å²) >= 11 is 0. The van der Waals surface area contributed by atoms with Gasteiger partial charge in [-0.05, 0) is 91.4 Å². The second kappa shape index (κ2) is 9.22. The average molecular weight is 561 g/mol. The third-order valence-electron chi connectivity index (χ3n) is 13.1. The van der Waals surface area contributed by atoms with Crippen LogP contribution in [-0.2, 0) is 19.2 Å². The molecule has 0 heterocycles. The number of nitrogens with one attached hydrogen (secondary N) is 1. The van der Waals surface area contributed by atoms with Gasteiger partial charge in [-0.3, -0.25) is 14.4 Å². The summed E-state index contributed by atoms with van der Waals surface area (Å²) < 4.78 is 0. The molecule has 5 rings (SSSR count). The molecule has 222 valence electrons. The molecule has 3 saturated carbocycles. The first kappa shape index (κ1) is 29.9. The molecule has 5 aliphatic rings. The number of fused-ring (bicyclic) bond motifs is 7. The topological polar surface area (TPSA) is 84.7 Å². The number of ketones is 3. The number of amides is 1. The zero-order valence-corrected chi connectivity index (χ0v) is 26.3. The highest BCUT2D eigenvalue weighted by Crippen LogP contribution is 2.74. The summed E-state index contributed by atoms with van der Waals surface area (Å²) in [4.78, 5) is 56.2. The maximum Gasteiger partial charge on any atom is 0.226 e. The molecule has 41 heavy (non-hydrogen) atoms. The molecular formula is C35H48N2O4. The van der Waals surface area contributed by atoms with E-state index < -0.39 is 10.8 Å². The molecule has 6 nitrogen and oxygen atoms in total. The second-order valence-electron chi connectivity index (χ2n) is 16.2. The Hall–Kier alpha value is -2.55. The minimum atomic E-state index is -0.672.